The smallest absolute Gasteiger partial charge is 0.235 e. The molecule has 1 aliphatic heterocycles. The van der Waals surface area contributed by atoms with Gasteiger partial charge in [-0.2, -0.15) is 0 Å². The summed E-state index contributed by atoms with van der Waals surface area (Å²) < 4.78 is 5.16. The zero-order valence-corrected chi connectivity index (χ0v) is 11.8. The van der Waals surface area contributed by atoms with Crippen LogP contribution in [0.25, 0.3) is 0 Å². The summed E-state index contributed by atoms with van der Waals surface area (Å²) in [6.07, 6.45) is 0. The minimum atomic E-state index is -0.376. The van der Waals surface area contributed by atoms with Gasteiger partial charge in [0.25, 0.3) is 0 Å². The molecule has 108 valence electrons. The van der Waals surface area contributed by atoms with E-state index in [9.17, 15) is 9.90 Å². The molecule has 1 fully saturated rings. The third-order valence-electron chi connectivity index (χ3n) is 3.90. The van der Waals surface area contributed by atoms with E-state index in [1.54, 1.807) is 12.0 Å². The number of rotatable bonds is 4. The minimum Gasteiger partial charge on any atom is -0.497 e. The number of aliphatic hydroxyl groups excluding tert-OH is 1. The molecule has 0 aromatic heterocycles. The van der Waals surface area contributed by atoms with E-state index in [0.717, 1.165) is 17.0 Å². The molecular weight excluding hydrogens is 266 g/mol. The molecule has 0 spiro atoms. The Morgan fingerprint density at radius 3 is 2.33 bits per heavy atom. The molecule has 1 N–H and O–H groups in total. The molecule has 2 atom stereocenters. The number of carbonyl (C=O) groups is 1. The molecule has 0 saturated carbocycles. The highest BCUT2D eigenvalue weighted by atomic mass is 16.5. The molecule has 21 heavy (non-hydrogen) atoms. The number of methoxy groups -OCH3 is 1. The van der Waals surface area contributed by atoms with Crippen molar-refractivity contribution in [1.29, 1.82) is 0 Å². The number of aliphatic hydroxyl groups is 1. The van der Waals surface area contributed by atoms with Crippen molar-refractivity contribution in [2.24, 2.45) is 5.92 Å². The topological polar surface area (TPSA) is 49.8 Å². The monoisotopic (exact) mass is 283 g/mol. The second kappa shape index (κ2) is 5.58. The number of carbonyl (C=O) groups excluding carboxylic acids is 1. The highest BCUT2D eigenvalue weighted by Crippen LogP contribution is 2.43. The van der Waals surface area contributed by atoms with Crippen molar-refractivity contribution in [3.05, 3.63) is 60.2 Å². The van der Waals surface area contributed by atoms with Gasteiger partial charge in [-0.3, -0.25) is 4.79 Å². The highest BCUT2D eigenvalue weighted by Gasteiger charge is 2.48. The minimum absolute atomic E-state index is 0.0375. The van der Waals surface area contributed by atoms with Crippen LogP contribution in [0.5, 0.6) is 5.75 Å². The van der Waals surface area contributed by atoms with Crippen LogP contribution in [0.1, 0.15) is 11.6 Å². The summed E-state index contributed by atoms with van der Waals surface area (Å²) in [6, 6.07) is 17.0. The van der Waals surface area contributed by atoms with Crippen LogP contribution in [0.3, 0.4) is 0 Å². The van der Waals surface area contributed by atoms with Gasteiger partial charge in [0.2, 0.25) is 5.91 Å². The standard InChI is InChI=1S/C17H17NO3/c1-21-14-9-7-12(8-10-14)16-15(11-19)17(20)18(16)13-5-3-2-4-6-13/h2-10,15-16,19H,11H2,1H3/t15-,16+/m1/s1. The maximum Gasteiger partial charge on any atom is 0.235 e. The number of amides is 1. The highest BCUT2D eigenvalue weighted by molar-refractivity contribution is 6.03. The number of hydrogen-bond acceptors (Lipinski definition) is 3. The summed E-state index contributed by atoms with van der Waals surface area (Å²) >= 11 is 0. The van der Waals surface area contributed by atoms with Gasteiger partial charge in [-0.15, -0.1) is 0 Å². The lowest BCUT2D eigenvalue weighted by Gasteiger charge is -2.46. The van der Waals surface area contributed by atoms with Crippen LogP contribution in [-0.2, 0) is 4.79 Å². The van der Waals surface area contributed by atoms with Gasteiger partial charge in [0.1, 0.15) is 5.75 Å². The Labute approximate surface area is 123 Å². The van der Waals surface area contributed by atoms with Crippen molar-refractivity contribution in [3.63, 3.8) is 0 Å². The molecule has 4 heteroatoms. The first kappa shape index (κ1) is 13.6. The van der Waals surface area contributed by atoms with Crippen molar-refractivity contribution in [1.82, 2.24) is 0 Å². The van der Waals surface area contributed by atoms with Crippen molar-refractivity contribution in [2.45, 2.75) is 6.04 Å². The molecule has 0 unspecified atom stereocenters. The fourth-order valence-electron chi connectivity index (χ4n) is 2.79. The number of benzene rings is 2. The third kappa shape index (κ3) is 2.28. The van der Waals surface area contributed by atoms with Gasteiger partial charge in [-0.05, 0) is 29.8 Å². The normalized spacial score (nSPS) is 21.0. The van der Waals surface area contributed by atoms with Crippen LogP contribution in [-0.4, -0.2) is 24.7 Å². The Morgan fingerprint density at radius 2 is 1.76 bits per heavy atom. The summed E-state index contributed by atoms with van der Waals surface area (Å²) in [7, 11) is 1.62. The third-order valence-corrected chi connectivity index (χ3v) is 3.90. The first-order valence-electron chi connectivity index (χ1n) is 6.89. The zero-order valence-electron chi connectivity index (χ0n) is 11.8. The summed E-state index contributed by atoms with van der Waals surface area (Å²) in [6.45, 7) is -0.140. The zero-order chi connectivity index (χ0) is 14.8. The van der Waals surface area contributed by atoms with Crippen molar-refractivity contribution in [3.8, 4) is 5.75 Å². The first-order chi connectivity index (χ1) is 10.3. The lowest BCUT2D eigenvalue weighted by molar-refractivity contribution is -0.132. The van der Waals surface area contributed by atoms with Crippen LogP contribution in [0.2, 0.25) is 0 Å². The molecule has 0 radical (unpaired) electrons. The number of hydrogen-bond donors (Lipinski definition) is 1. The van der Waals surface area contributed by atoms with E-state index in [1.165, 1.54) is 0 Å². The van der Waals surface area contributed by atoms with E-state index in [-0.39, 0.29) is 24.5 Å². The van der Waals surface area contributed by atoms with Gasteiger partial charge in [0.15, 0.2) is 0 Å². The number of β-lactam (4-membered cyclic amide) rings is 1. The van der Waals surface area contributed by atoms with E-state index in [2.05, 4.69) is 0 Å². The Kier molecular flexibility index (Phi) is 3.62. The lowest BCUT2D eigenvalue weighted by Crippen LogP contribution is -2.56. The average molecular weight is 283 g/mol. The summed E-state index contributed by atoms with van der Waals surface area (Å²) in [4.78, 5) is 14.0. The molecule has 3 rings (SSSR count). The fraction of sp³-hybridized carbons (Fsp3) is 0.235. The Morgan fingerprint density at radius 1 is 1.10 bits per heavy atom. The van der Waals surface area contributed by atoms with Crippen LogP contribution in [0.15, 0.2) is 54.6 Å². The van der Waals surface area contributed by atoms with Crippen LogP contribution < -0.4 is 9.64 Å². The number of para-hydroxylation sites is 1. The second-order valence-corrected chi connectivity index (χ2v) is 5.05. The predicted molar refractivity (Wildman–Crippen MR) is 80.2 cm³/mol. The van der Waals surface area contributed by atoms with Crippen LogP contribution in [0.4, 0.5) is 5.69 Å². The van der Waals surface area contributed by atoms with E-state index in [4.69, 9.17) is 4.74 Å². The van der Waals surface area contributed by atoms with Crippen LogP contribution >= 0.6 is 0 Å². The maximum atomic E-state index is 12.2. The number of anilines is 1. The summed E-state index contributed by atoms with van der Waals surface area (Å²) in [5, 5.41) is 9.48. The van der Waals surface area contributed by atoms with Gasteiger partial charge >= 0.3 is 0 Å². The van der Waals surface area contributed by atoms with Gasteiger partial charge in [-0.1, -0.05) is 30.3 Å². The fourth-order valence-corrected chi connectivity index (χ4v) is 2.79. The molecular formula is C17H17NO3. The molecule has 0 aliphatic carbocycles. The van der Waals surface area contributed by atoms with Gasteiger partial charge in [-0.25, -0.2) is 0 Å². The van der Waals surface area contributed by atoms with Gasteiger partial charge in [0.05, 0.1) is 25.7 Å². The molecule has 1 aliphatic rings. The molecule has 4 nitrogen and oxygen atoms in total. The maximum absolute atomic E-state index is 12.2. The SMILES string of the molecule is COc1ccc([C@H]2[C@@H](CO)C(=O)N2c2ccccc2)cc1. The molecule has 1 amide bonds. The largest absolute Gasteiger partial charge is 0.497 e. The van der Waals surface area contributed by atoms with Gasteiger partial charge < -0.3 is 14.7 Å². The van der Waals surface area contributed by atoms with E-state index < -0.39 is 0 Å². The molecule has 0 bridgehead atoms. The quantitative estimate of drug-likeness (QED) is 0.877. The average Bonchev–Trinajstić information content (AvgIpc) is 2.54. The Hall–Kier alpha value is -2.33. The van der Waals surface area contributed by atoms with Crippen molar-refractivity contribution in [2.75, 3.05) is 18.6 Å². The Balaban J connectivity index is 1.94. The van der Waals surface area contributed by atoms with E-state index in [0.29, 0.717) is 0 Å². The van der Waals surface area contributed by atoms with Gasteiger partial charge in [0, 0.05) is 5.69 Å². The van der Waals surface area contributed by atoms with Crippen LogP contribution in [0, 0.1) is 5.92 Å². The summed E-state index contributed by atoms with van der Waals surface area (Å²) in [5.74, 6) is 0.360. The van der Waals surface area contributed by atoms with E-state index in [1.807, 2.05) is 54.6 Å². The molecule has 2 aromatic rings. The first-order valence-corrected chi connectivity index (χ1v) is 6.89. The van der Waals surface area contributed by atoms with E-state index >= 15 is 0 Å². The predicted octanol–water partition coefficient (Wildman–Crippen LogP) is 2.39. The molecule has 1 heterocycles. The Bertz CT molecular complexity index is 624. The van der Waals surface area contributed by atoms with Crippen molar-refractivity contribution < 1.29 is 14.6 Å². The second-order valence-electron chi connectivity index (χ2n) is 5.05. The number of nitrogens with zero attached hydrogens (tertiary/aromatic N) is 1. The number of ether oxygens (including phenoxy) is 1. The lowest BCUT2D eigenvalue weighted by atomic mass is 9.82. The van der Waals surface area contributed by atoms with Crippen molar-refractivity contribution >= 4 is 11.6 Å². The molecule has 2 aromatic carbocycles. The summed E-state index contributed by atoms with van der Waals surface area (Å²) in [5.41, 5.74) is 1.85. The molecule has 1 saturated heterocycles.